The van der Waals surface area contributed by atoms with Gasteiger partial charge in [0, 0.05) is 24.6 Å². The van der Waals surface area contributed by atoms with E-state index in [9.17, 15) is 10.1 Å². The van der Waals surface area contributed by atoms with Crippen LogP contribution in [0.25, 0.3) is 0 Å². The van der Waals surface area contributed by atoms with Gasteiger partial charge in [0.25, 0.3) is 0 Å². The standard InChI is InChI=1S/C17H18N4OS/c1-11-12(2)15(7-18)17(21-13(11)3)23-10-16(22)20-9-14-5-4-6-19-8-14/h4-6,8H,9-10H2,1-3H3,(H,20,22). The molecule has 2 aromatic rings. The van der Waals surface area contributed by atoms with E-state index in [1.54, 1.807) is 12.4 Å². The van der Waals surface area contributed by atoms with E-state index < -0.39 is 0 Å². The zero-order chi connectivity index (χ0) is 16.8. The van der Waals surface area contributed by atoms with Crippen LogP contribution in [0.3, 0.4) is 0 Å². The van der Waals surface area contributed by atoms with Crippen LogP contribution in [0.5, 0.6) is 0 Å². The Kier molecular flexibility index (Phi) is 5.72. The minimum Gasteiger partial charge on any atom is -0.351 e. The van der Waals surface area contributed by atoms with Gasteiger partial charge in [-0.1, -0.05) is 17.8 Å². The Labute approximate surface area is 140 Å². The van der Waals surface area contributed by atoms with Crippen LogP contribution < -0.4 is 5.32 Å². The van der Waals surface area contributed by atoms with Crippen LogP contribution in [-0.4, -0.2) is 21.6 Å². The number of hydrogen-bond acceptors (Lipinski definition) is 5. The van der Waals surface area contributed by atoms with Gasteiger partial charge in [-0.2, -0.15) is 5.26 Å². The van der Waals surface area contributed by atoms with Crippen molar-refractivity contribution in [3.63, 3.8) is 0 Å². The second kappa shape index (κ2) is 7.75. The Morgan fingerprint density at radius 3 is 2.78 bits per heavy atom. The van der Waals surface area contributed by atoms with Crippen molar-refractivity contribution >= 4 is 17.7 Å². The average Bonchev–Trinajstić information content (AvgIpc) is 2.57. The smallest absolute Gasteiger partial charge is 0.230 e. The molecule has 1 N–H and O–H groups in total. The van der Waals surface area contributed by atoms with Gasteiger partial charge in [-0.15, -0.1) is 0 Å². The third-order valence-electron chi connectivity index (χ3n) is 3.63. The molecular weight excluding hydrogens is 308 g/mol. The lowest BCUT2D eigenvalue weighted by Crippen LogP contribution is -2.24. The van der Waals surface area contributed by atoms with Crippen LogP contribution in [0, 0.1) is 32.1 Å². The maximum absolute atomic E-state index is 12.0. The lowest BCUT2D eigenvalue weighted by atomic mass is 10.1. The zero-order valence-electron chi connectivity index (χ0n) is 13.4. The number of rotatable bonds is 5. The predicted molar refractivity (Wildman–Crippen MR) is 90.0 cm³/mol. The monoisotopic (exact) mass is 326 g/mol. The largest absolute Gasteiger partial charge is 0.351 e. The topological polar surface area (TPSA) is 78.7 Å². The first-order chi connectivity index (χ1) is 11.0. The predicted octanol–water partition coefficient (Wildman–Crippen LogP) is 2.68. The van der Waals surface area contributed by atoms with Crippen molar-refractivity contribution in [2.24, 2.45) is 0 Å². The molecule has 0 fully saturated rings. The van der Waals surface area contributed by atoms with Crippen LogP contribution >= 0.6 is 11.8 Å². The number of thioether (sulfide) groups is 1. The highest BCUT2D eigenvalue weighted by molar-refractivity contribution is 8.00. The van der Waals surface area contributed by atoms with E-state index >= 15 is 0 Å². The number of nitriles is 1. The molecule has 0 saturated heterocycles. The van der Waals surface area contributed by atoms with Crippen molar-refractivity contribution < 1.29 is 4.79 Å². The molecule has 0 saturated carbocycles. The second-order valence-electron chi connectivity index (χ2n) is 5.17. The summed E-state index contributed by atoms with van der Waals surface area (Å²) >= 11 is 1.29. The summed E-state index contributed by atoms with van der Waals surface area (Å²) in [6.07, 6.45) is 3.41. The number of carbonyl (C=O) groups is 1. The average molecular weight is 326 g/mol. The third-order valence-corrected chi connectivity index (χ3v) is 4.60. The maximum atomic E-state index is 12.0. The van der Waals surface area contributed by atoms with E-state index in [4.69, 9.17) is 0 Å². The number of aryl methyl sites for hydroxylation is 1. The number of amides is 1. The van der Waals surface area contributed by atoms with Gasteiger partial charge in [0.1, 0.15) is 11.1 Å². The zero-order valence-corrected chi connectivity index (χ0v) is 14.2. The highest BCUT2D eigenvalue weighted by Crippen LogP contribution is 2.26. The molecule has 0 unspecified atom stereocenters. The van der Waals surface area contributed by atoms with Gasteiger partial charge in [-0.05, 0) is 43.5 Å². The number of hydrogen-bond donors (Lipinski definition) is 1. The molecule has 118 valence electrons. The molecule has 0 aliphatic carbocycles. The van der Waals surface area contributed by atoms with Crippen molar-refractivity contribution in [1.82, 2.24) is 15.3 Å². The van der Waals surface area contributed by atoms with Crippen molar-refractivity contribution in [1.29, 1.82) is 5.26 Å². The molecule has 2 heterocycles. The van der Waals surface area contributed by atoms with Crippen LogP contribution in [0.2, 0.25) is 0 Å². The number of aromatic nitrogens is 2. The van der Waals surface area contributed by atoms with E-state index in [2.05, 4.69) is 21.4 Å². The number of pyridine rings is 2. The molecule has 1 amide bonds. The fraction of sp³-hybridized carbons (Fsp3) is 0.294. The Morgan fingerprint density at radius 2 is 2.13 bits per heavy atom. The molecule has 5 nitrogen and oxygen atoms in total. The Balaban J connectivity index is 1.98. The molecule has 0 aromatic carbocycles. The van der Waals surface area contributed by atoms with Gasteiger partial charge in [-0.3, -0.25) is 9.78 Å². The summed E-state index contributed by atoms with van der Waals surface area (Å²) in [4.78, 5) is 20.4. The van der Waals surface area contributed by atoms with E-state index in [0.717, 1.165) is 22.4 Å². The van der Waals surface area contributed by atoms with E-state index in [1.165, 1.54) is 11.8 Å². The van der Waals surface area contributed by atoms with Gasteiger partial charge in [0.05, 0.1) is 11.3 Å². The maximum Gasteiger partial charge on any atom is 0.230 e. The molecule has 0 atom stereocenters. The molecule has 0 aliphatic heterocycles. The minimum absolute atomic E-state index is 0.0968. The summed E-state index contributed by atoms with van der Waals surface area (Å²) < 4.78 is 0. The quantitative estimate of drug-likeness (QED) is 0.855. The highest BCUT2D eigenvalue weighted by Gasteiger charge is 2.14. The van der Waals surface area contributed by atoms with E-state index in [1.807, 2.05) is 32.9 Å². The lowest BCUT2D eigenvalue weighted by Gasteiger charge is -2.11. The van der Waals surface area contributed by atoms with Crippen molar-refractivity contribution in [2.45, 2.75) is 32.3 Å². The Morgan fingerprint density at radius 1 is 1.35 bits per heavy atom. The van der Waals surface area contributed by atoms with Crippen molar-refractivity contribution in [3.05, 3.63) is 52.5 Å². The van der Waals surface area contributed by atoms with Crippen LogP contribution in [0.4, 0.5) is 0 Å². The normalized spacial score (nSPS) is 10.2. The highest BCUT2D eigenvalue weighted by atomic mass is 32.2. The first-order valence-corrected chi connectivity index (χ1v) is 8.17. The molecular formula is C17H18N4OS. The summed E-state index contributed by atoms with van der Waals surface area (Å²) in [6.45, 7) is 6.22. The number of carbonyl (C=O) groups excluding carboxylic acids is 1. The molecule has 0 spiro atoms. The molecule has 2 aromatic heterocycles. The molecule has 2 rings (SSSR count). The Hall–Kier alpha value is -2.39. The fourth-order valence-corrected chi connectivity index (χ4v) is 2.95. The lowest BCUT2D eigenvalue weighted by molar-refractivity contribution is -0.118. The minimum atomic E-state index is -0.0968. The van der Waals surface area contributed by atoms with Crippen molar-refractivity contribution in [2.75, 3.05) is 5.75 Å². The summed E-state index contributed by atoms with van der Waals surface area (Å²) in [5, 5.41) is 12.8. The molecule has 6 heteroatoms. The van der Waals surface area contributed by atoms with Crippen LogP contribution in [-0.2, 0) is 11.3 Å². The van der Waals surface area contributed by atoms with Gasteiger partial charge < -0.3 is 5.32 Å². The molecule has 0 aliphatic rings. The Bertz CT molecular complexity index is 753. The van der Waals surface area contributed by atoms with Gasteiger partial charge in [-0.25, -0.2) is 4.98 Å². The first-order valence-electron chi connectivity index (χ1n) is 7.19. The SMILES string of the molecule is Cc1nc(SCC(=O)NCc2cccnc2)c(C#N)c(C)c1C. The number of nitrogens with one attached hydrogen (secondary N) is 1. The summed E-state index contributed by atoms with van der Waals surface area (Å²) in [5.41, 5.74) is 4.34. The first kappa shape index (κ1) is 17.0. The second-order valence-corrected chi connectivity index (χ2v) is 6.13. The van der Waals surface area contributed by atoms with Gasteiger partial charge in [0.2, 0.25) is 5.91 Å². The molecule has 0 bridgehead atoms. The fourth-order valence-electron chi connectivity index (χ4n) is 2.04. The third kappa shape index (κ3) is 4.30. The van der Waals surface area contributed by atoms with E-state index in [-0.39, 0.29) is 11.7 Å². The van der Waals surface area contributed by atoms with Gasteiger partial charge >= 0.3 is 0 Å². The van der Waals surface area contributed by atoms with Crippen LogP contribution in [0.15, 0.2) is 29.6 Å². The van der Waals surface area contributed by atoms with Crippen LogP contribution in [0.1, 0.15) is 27.9 Å². The summed E-state index contributed by atoms with van der Waals surface area (Å²) in [5.74, 6) is 0.129. The number of nitrogens with zero attached hydrogens (tertiary/aromatic N) is 3. The molecule has 23 heavy (non-hydrogen) atoms. The van der Waals surface area contributed by atoms with Gasteiger partial charge in [0.15, 0.2) is 0 Å². The van der Waals surface area contributed by atoms with E-state index in [0.29, 0.717) is 17.1 Å². The van der Waals surface area contributed by atoms with Crippen molar-refractivity contribution in [3.8, 4) is 6.07 Å². The molecule has 0 radical (unpaired) electrons. The summed E-state index contributed by atoms with van der Waals surface area (Å²) in [7, 11) is 0. The summed E-state index contributed by atoms with van der Waals surface area (Å²) in [6, 6.07) is 5.93.